The van der Waals surface area contributed by atoms with Crippen LogP contribution in [0.15, 0.2) is 0 Å². The summed E-state index contributed by atoms with van der Waals surface area (Å²) in [4.78, 5) is 11.3. The van der Waals surface area contributed by atoms with Gasteiger partial charge in [0.2, 0.25) is 10.0 Å². The molecule has 0 unspecified atom stereocenters. The number of piperidine rings is 1. The first-order chi connectivity index (χ1) is 7.01. The molecule has 1 atom stereocenters. The maximum Gasteiger partial charge on any atom is 0.309 e. The van der Waals surface area contributed by atoms with Gasteiger partial charge < -0.3 is 4.74 Å². The van der Waals surface area contributed by atoms with Gasteiger partial charge >= 0.3 is 5.97 Å². The molecule has 1 fully saturated rings. The zero-order valence-corrected chi connectivity index (χ0v) is 9.92. The second-order valence-electron chi connectivity index (χ2n) is 3.62. The minimum absolute atomic E-state index is 0.0842. The Hall–Kier alpha value is -0.620. The Morgan fingerprint density at radius 3 is 2.73 bits per heavy atom. The van der Waals surface area contributed by atoms with Crippen LogP contribution in [0.1, 0.15) is 19.8 Å². The van der Waals surface area contributed by atoms with E-state index in [9.17, 15) is 13.2 Å². The minimum Gasteiger partial charge on any atom is -0.469 e. The Labute approximate surface area is 90.4 Å². The Bertz CT molecular complexity index is 325. The fraction of sp³-hybridized carbons (Fsp3) is 0.889. The van der Waals surface area contributed by atoms with Gasteiger partial charge in [0, 0.05) is 13.1 Å². The molecule has 0 aromatic carbocycles. The molecule has 0 saturated carbocycles. The maximum atomic E-state index is 11.6. The van der Waals surface area contributed by atoms with Crippen molar-refractivity contribution in [3.05, 3.63) is 0 Å². The summed E-state index contributed by atoms with van der Waals surface area (Å²) in [5, 5.41) is 0. The van der Waals surface area contributed by atoms with Gasteiger partial charge in [-0.25, -0.2) is 12.7 Å². The Morgan fingerprint density at radius 1 is 1.53 bits per heavy atom. The molecule has 88 valence electrons. The summed E-state index contributed by atoms with van der Waals surface area (Å²) in [5.41, 5.74) is 0. The van der Waals surface area contributed by atoms with Gasteiger partial charge in [0.1, 0.15) is 0 Å². The van der Waals surface area contributed by atoms with Crippen LogP contribution in [-0.2, 0) is 19.6 Å². The Kier molecular flexibility index (Phi) is 4.10. The third kappa shape index (κ3) is 2.92. The van der Waals surface area contributed by atoms with Crippen LogP contribution < -0.4 is 0 Å². The van der Waals surface area contributed by atoms with Crippen LogP contribution in [0, 0.1) is 5.92 Å². The van der Waals surface area contributed by atoms with E-state index in [1.807, 2.05) is 0 Å². The van der Waals surface area contributed by atoms with Crippen LogP contribution in [0.4, 0.5) is 0 Å². The fourth-order valence-corrected chi connectivity index (χ4v) is 2.92. The first-order valence-corrected chi connectivity index (χ1v) is 6.67. The highest BCUT2D eigenvalue weighted by atomic mass is 32.2. The molecule has 0 aromatic rings. The Morgan fingerprint density at radius 2 is 2.20 bits per heavy atom. The van der Waals surface area contributed by atoms with Crippen LogP contribution in [0.25, 0.3) is 0 Å². The summed E-state index contributed by atoms with van der Waals surface area (Å²) < 4.78 is 29.2. The molecular weight excluding hydrogens is 218 g/mol. The Balaban J connectivity index is 2.68. The number of hydrogen-bond acceptors (Lipinski definition) is 4. The van der Waals surface area contributed by atoms with Gasteiger partial charge in [-0.05, 0) is 19.8 Å². The fourth-order valence-electron chi connectivity index (χ4n) is 1.74. The van der Waals surface area contributed by atoms with Gasteiger partial charge in [0.05, 0.1) is 18.8 Å². The van der Waals surface area contributed by atoms with Crippen molar-refractivity contribution in [1.82, 2.24) is 4.31 Å². The normalized spacial score (nSPS) is 23.7. The molecule has 0 bridgehead atoms. The number of sulfonamides is 1. The summed E-state index contributed by atoms with van der Waals surface area (Å²) in [6.45, 7) is 2.39. The van der Waals surface area contributed by atoms with Crippen LogP contribution in [0.2, 0.25) is 0 Å². The molecular formula is C9H17NO4S. The summed E-state index contributed by atoms with van der Waals surface area (Å²) in [6, 6.07) is 0. The average Bonchev–Trinajstić information content (AvgIpc) is 2.28. The lowest BCUT2D eigenvalue weighted by Gasteiger charge is -2.30. The molecule has 0 aromatic heterocycles. The third-order valence-electron chi connectivity index (χ3n) is 2.68. The zero-order valence-electron chi connectivity index (χ0n) is 9.10. The van der Waals surface area contributed by atoms with Gasteiger partial charge in [0.25, 0.3) is 0 Å². The summed E-state index contributed by atoms with van der Waals surface area (Å²) in [5.74, 6) is -0.531. The number of esters is 1. The molecule has 1 rings (SSSR count). The standard InChI is InChI=1S/C9H17NO4S/c1-3-15(12,13)10-6-4-5-8(7-10)9(11)14-2/h8H,3-7H2,1-2H3/t8-/m0/s1. The molecule has 0 N–H and O–H groups in total. The van der Waals surface area contributed by atoms with Crippen molar-refractivity contribution in [3.63, 3.8) is 0 Å². The van der Waals surface area contributed by atoms with Gasteiger partial charge in [-0.3, -0.25) is 4.79 Å². The number of nitrogens with zero attached hydrogens (tertiary/aromatic N) is 1. The van der Waals surface area contributed by atoms with E-state index >= 15 is 0 Å². The number of carbonyl (C=O) groups excluding carboxylic acids is 1. The molecule has 0 spiro atoms. The molecule has 1 aliphatic heterocycles. The van der Waals surface area contributed by atoms with Crippen molar-refractivity contribution < 1.29 is 17.9 Å². The first-order valence-electron chi connectivity index (χ1n) is 5.07. The van der Waals surface area contributed by atoms with Crippen LogP contribution in [-0.4, -0.2) is 44.6 Å². The lowest BCUT2D eigenvalue weighted by atomic mass is 10.0. The number of methoxy groups -OCH3 is 1. The van der Waals surface area contributed by atoms with Crippen molar-refractivity contribution >= 4 is 16.0 Å². The van der Waals surface area contributed by atoms with E-state index < -0.39 is 10.0 Å². The highest BCUT2D eigenvalue weighted by Gasteiger charge is 2.31. The van der Waals surface area contributed by atoms with Crippen molar-refractivity contribution in [2.45, 2.75) is 19.8 Å². The second-order valence-corrected chi connectivity index (χ2v) is 5.88. The van der Waals surface area contributed by atoms with Gasteiger partial charge in [0.15, 0.2) is 0 Å². The van der Waals surface area contributed by atoms with E-state index in [1.165, 1.54) is 11.4 Å². The smallest absolute Gasteiger partial charge is 0.309 e. The predicted octanol–water partition coefficient (Wildman–Crippen LogP) is 0.221. The first kappa shape index (κ1) is 12.4. The lowest BCUT2D eigenvalue weighted by molar-refractivity contribution is -0.146. The van der Waals surface area contributed by atoms with E-state index in [0.29, 0.717) is 13.0 Å². The molecule has 0 aliphatic carbocycles. The molecule has 5 nitrogen and oxygen atoms in total. The third-order valence-corrected chi connectivity index (χ3v) is 4.52. The van der Waals surface area contributed by atoms with Crippen LogP contribution in [0.3, 0.4) is 0 Å². The molecule has 1 saturated heterocycles. The van der Waals surface area contributed by atoms with Gasteiger partial charge in [-0.15, -0.1) is 0 Å². The van der Waals surface area contributed by atoms with Gasteiger partial charge in [-0.2, -0.15) is 0 Å². The highest BCUT2D eigenvalue weighted by Crippen LogP contribution is 2.20. The van der Waals surface area contributed by atoms with Crippen molar-refractivity contribution in [1.29, 1.82) is 0 Å². The average molecular weight is 235 g/mol. The summed E-state index contributed by atoms with van der Waals surface area (Å²) >= 11 is 0. The zero-order chi connectivity index (χ0) is 11.5. The molecule has 0 radical (unpaired) electrons. The quantitative estimate of drug-likeness (QED) is 0.656. The second kappa shape index (κ2) is 4.94. The van der Waals surface area contributed by atoms with E-state index in [-0.39, 0.29) is 24.2 Å². The predicted molar refractivity (Wildman–Crippen MR) is 55.8 cm³/mol. The SMILES string of the molecule is CCS(=O)(=O)N1CCC[C@H](C(=O)OC)C1. The van der Waals surface area contributed by atoms with Crippen LogP contribution in [0.5, 0.6) is 0 Å². The maximum absolute atomic E-state index is 11.6. The van der Waals surface area contributed by atoms with E-state index in [2.05, 4.69) is 4.74 Å². The highest BCUT2D eigenvalue weighted by molar-refractivity contribution is 7.89. The monoisotopic (exact) mass is 235 g/mol. The number of rotatable bonds is 3. The minimum atomic E-state index is -3.17. The number of hydrogen-bond donors (Lipinski definition) is 0. The molecule has 1 heterocycles. The molecule has 6 heteroatoms. The summed E-state index contributed by atoms with van der Waals surface area (Å²) in [6.07, 6.45) is 1.43. The van der Waals surface area contributed by atoms with E-state index in [1.54, 1.807) is 6.92 Å². The largest absolute Gasteiger partial charge is 0.469 e. The van der Waals surface area contributed by atoms with Crippen molar-refractivity contribution in [3.8, 4) is 0 Å². The number of carbonyl (C=O) groups is 1. The van der Waals surface area contributed by atoms with E-state index in [4.69, 9.17) is 0 Å². The van der Waals surface area contributed by atoms with Crippen LogP contribution >= 0.6 is 0 Å². The van der Waals surface area contributed by atoms with E-state index in [0.717, 1.165) is 6.42 Å². The molecule has 1 aliphatic rings. The number of ether oxygens (including phenoxy) is 1. The topological polar surface area (TPSA) is 63.7 Å². The van der Waals surface area contributed by atoms with Crippen molar-refractivity contribution in [2.75, 3.05) is 26.0 Å². The summed E-state index contributed by atoms with van der Waals surface area (Å²) in [7, 11) is -1.84. The molecule has 15 heavy (non-hydrogen) atoms. The van der Waals surface area contributed by atoms with Crippen molar-refractivity contribution in [2.24, 2.45) is 5.92 Å². The lowest BCUT2D eigenvalue weighted by Crippen LogP contribution is -2.43. The van der Waals surface area contributed by atoms with Gasteiger partial charge in [-0.1, -0.05) is 0 Å². The molecule has 0 amide bonds.